The first-order valence-electron chi connectivity index (χ1n) is 10.2. The van der Waals surface area contributed by atoms with E-state index in [1.54, 1.807) is 18.2 Å². The Balaban J connectivity index is 1.59. The Kier molecular flexibility index (Phi) is 8.01. The van der Waals surface area contributed by atoms with Gasteiger partial charge in [-0.1, -0.05) is 42.8 Å². The van der Waals surface area contributed by atoms with Gasteiger partial charge in [0.1, 0.15) is 18.1 Å². The second kappa shape index (κ2) is 11.1. The molecule has 2 N–H and O–H groups in total. The van der Waals surface area contributed by atoms with Crippen LogP contribution in [-0.2, 0) is 11.2 Å². The standard InChI is InChI=1S/C25H26N2O3S/c1-3-19-8-12-21(13-9-19)30-15-14-26-25(29)23(17-22-5-4-16-31-22)27-24(28)20-10-6-18(2)7-11-20/h4-13,16-17H,3,14-15H2,1-2H3,(H,26,29)(H,27,28)/b23-17-. The van der Waals surface area contributed by atoms with Crippen molar-refractivity contribution in [2.24, 2.45) is 0 Å². The second-order valence-corrected chi connectivity index (χ2v) is 7.97. The summed E-state index contributed by atoms with van der Waals surface area (Å²) in [6.07, 6.45) is 2.65. The molecule has 2 amide bonds. The minimum atomic E-state index is -0.362. The summed E-state index contributed by atoms with van der Waals surface area (Å²) in [5.41, 5.74) is 3.00. The third kappa shape index (κ3) is 6.83. The van der Waals surface area contributed by atoms with Crippen molar-refractivity contribution in [1.82, 2.24) is 10.6 Å². The summed E-state index contributed by atoms with van der Waals surface area (Å²) < 4.78 is 5.68. The molecule has 0 aliphatic rings. The van der Waals surface area contributed by atoms with E-state index in [2.05, 4.69) is 17.6 Å². The molecule has 0 saturated carbocycles. The van der Waals surface area contributed by atoms with Crippen LogP contribution in [0.1, 0.15) is 33.3 Å². The van der Waals surface area contributed by atoms with E-state index in [9.17, 15) is 9.59 Å². The summed E-state index contributed by atoms with van der Waals surface area (Å²) in [4.78, 5) is 26.2. The van der Waals surface area contributed by atoms with Gasteiger partial charge in [0, 0.05) is 10.4 Å². The normalized spacial score (nSPS) is 11.1. The molecule has 1 heterocycles. The first-order chi connectivity index (χ1) is 15.0. The van der Waals surface area contributed by atoms with Crippen LogP contribution in [-0.4, -0.2) is 25.0 Å². The fraction of sp³-hybridized carbons (Fsp3) is 0.200. The smallest absolute Gasteiger partial charge is 0.267 e. The first kappa shape index (κ1) is 22.3. The lowest BCUT2D eigenvalue weighted by molar-refractivity contribution is -0.117. The Hall–Kier alpha value is -3.38. The summed E-state index contributed by atoms with van der Waals surface area (Å²) in [6.45, 7) is 4.70. The van der Waals surface area contributed by atoms with Gasteiger partial charge in [0.15, 0.2) is 0 Å². The molecule has 160 valence electrons. The number of hydrogen-bond acceptors (Lipinski definition) is 4. The lowest BCUT2D eigenvalue weighted by Gasteiger charge is -2.12. The maximum Gasteiger partial charge on any atom is 0.267 e. The third-order valence-electron chi connectivity index (χ3n) is 4.62. The monoisotopic (exact) mass is 434 g/mol. The van der Waals surface area contributed by atoms with Crippen LogP contribution < -0.4 is 15.4 Å². The molecular formula is C25H26N2O3S. The van der Waals surface area contributed by atoms with Crippen molar-refractivity contribution in [2.75, 3.05) is 13.2 Å². The van der Waals surface area contributed by atoms with Crippen molar-refractivity contribution in [2.45, 2.75) is 20.3 Å². The molecule has 0 spiro atoms. The zero-order valence-corrected chi connectivity index (χ0v) is 18.5. The molecule has 2 aromatic carbocycles. The van der Waals surface area contributed by atoms with Gasteiger partial charge < -0.3 is 15.4 Å². The largest absolute Gasteiger partial charge is 0.492 e. The van der Waals surface area contributed by atoms with Gasteiger partial charge in [0.25, 0.3) is 11.8 Å². The van der Waals surface area contributed by atoms with E-state index in [1.165, 1.54) is 16.9 Å². The highest BCUT2D eigenvalue weighted by atomic mass is 32.1. The third-order valence-corrected chi connectivity index (χ3v) is 5.44. The number of hydrogen-bond donors (Lipinski definition) is 2. The molecule has 0 fully saturated rings. The quantitative estimate of drug-likeness (QED) is 0.382. The van der Waals surface area contributed by atoms with Crippen LogP contribution >= 0.6 is 11.3 Å². The fourth-order valence-electron chi connectivity index (χ4n) is 2.82. The average Bonchev–Trinajstić information content (AvgIpc) is 3.30. The lowest BCUT2D eigenvalue weighted by atomic mass is 10.1. The van der Waals surface area contributed by atoms with Crippen LogP contribution in [0.4, 0.5) is 0 Å². The molecule has 0 bridgehead atoms. The van der Waals surface area contributed by atoms with E-state index in [1.807, 2.05) is 60.8 Å². The Morgan fingerprint density at radius 2 is 1.77 bits per heavy atom. The molecule has 1 aromatic heterocycles. The van der Waals surface area contributed by atoms with Gasteiger partial charge in [-0.2, -0.15) is 0 Å². The lowest BCUT2D eigenvalue weighted by Crippen LogP contribution is -2.36. The first-order valence-corrected chi connectivity index (χ1v) is 11.1. The highest BCUT2D eigenvalue weighted by Crippen LogP contribution is 2.14. The van der Waals surface area contributed by atoms with Gasteiger partial charge in [-0.05, 0) is 60.7 Å². The topological polar surface area (TPSA) is 67.4 Å². The molecule has 5 nitrogen and oxygen atoms in total. The van der Waals surface area contributed by atoms with Crippen molar-refractivity contribution in [3.05, 3.63) is 93.3 Å². The van der Waals surface area contributed by atoms with E-state index < -0.39 is 0 Å². The predicted molar refractivity (Wildman–Crippen MR) is 125 cm³/mol. The second-order valence-electron chi connectivity index (χ2n) is 7.00. The van der Waals surface area contributed by atoms with Gasteiger partial charge in [-0.3, -0.25) is 9.59 Å². The number of thiophene rings is 1. The van der Waals surface area contributed by atoms with Gasteiger partial charge in [0.2, 0.25) is 0 Å². The Labute approximate surface area is 186 Å². The predicted octanol–water partition coefficient (Wildman–Crippen LogP) is 4.59. The maximum atomic E-state index is 12.7. The van der Waals surface area contributed by atoms with Gasteiger partial charge >= 0.3 is 0 Å². The molecule has 0 aliphatic carbocycles. The maximum absolute atomic E-state index is 12.7. The molecular weight excluding hydrogens is 408 g/mol. The number of ether oxygens (including phenoxy) is 1. The van der Waals surface area contributed by atoms with Gasteiger partial charge in [0.05, 0.1) is 6.54 Å². The molecule has 0 radical (unpaired) electrons. The summed E-state index contributed by atoms with van der Waals surface area (Å²) in [5.74, 6) is 0.0671. The molecule has 0 saturated heterocycles. The van der Waals surface area contributed by atoms with Gasteiger partial charge in [-0.25, -0.2) is 0 Å². The van der Waals surface area contributed by atoms with E-state index >= 15 is 0 Å². The number of carbonyl (C=O) groups excluding carboxylic acids is 2. The average molecular weight is 435 g/mol. The summed E-state index contributed by atoms with van der Waals surface area (Å²) in [7, 11) is 0. The molecule has 3 aromatic rings. The highest BCUT2D eigenvalue weighted by molar-refractivity contribution is 7.10. The van der Waals surface area contributed by atoms with Crippen LogP contribution in [0.15, 0.2) is 71.7 Å². The minimum absolute atomic E-state index is 0.195. The number of carbonyl (C=O) groups is 2. The van der Waals surface area contributed by atoms with Gasteiger partial charge in [-0.15, -0.1) is 11.3 Å². The minimum Gasteiger partial charge on any atom is -0.492 e. The molecule has 0 atom stereocenters. The van der Waals surface area contributed by atoms with E-state index in [0.717, 1.165) is 22.6 Å². The van der Waals surface area contributed by atoms with E-state index in [0.29, 0.717) is 18.7 Å². The number of benzene rings is 2. The van der Waals surface area contributed by atoms with Crippen molar-refractivity contribution in [3.63, 3.8) is 0 Å². The number of amides is 2. The molecule has 0 aliphatic heterocycles. The SMILES string of the molecule is CCc1ccc(OCCNC(=O)/C(=C/c2cccs2)NC(=O)c2ccc(C)cc2)cc1. The number of nitrogens with one attached hydrogen (secondary N) is 2. The molecule has 0 unspecified atom stereocenters. The number of aryl methyl sites for hydroxylation is 2. The van der Waals surface area contributed by atoms with Crippen LogP contribution in [0.25, 0.3) is 6.08 Å². The highest BCUT2D eigenvalue weighted by Gasteiger charge is 2.14. The Morgan fingerprint density at radius 1 is 1.03 bits per heavy atom. The van der Waals surface area contributed by atoms with Crippen molar-refractivity contribution >= 4 is 29.2 Å². The van der Waals surface area contributed by atoms with Crippen LogP contribution in [0, 0.1) is 6.92 Å². The molecule has 31 heavy (non-hydrogen) atoms. The number of rotatable bonds is 9. The molecule has 6 heteroatoms. The summed E-state index contributed by atoms with van der Waals surface area (Å²) in [5, 5.41) is 7.47. The fourth-order valence-corrected chi connectivity index (χ4v) is 3.48. The van der Waals surface area contributed by atoms with Crippen LogP contribution in [0.5, 0.6) is 5.75 Å². The zero-order valence-electron chi connectivity index (χ0n) is 17.7. The molecule has 3 rings (SSSR count). The zero-order chi connectivity index (χ0) is 22.1. The Morgan fingerprint density at radius 3 is 2.42 bits per heavy atom. The van der Waals surface area contributed by atoms with Crippen LogP contribution in [0.3, 0.4) is 0 Å². The van der Waals surface area contributed by atoms with Crippen LogP contribution in [0.2, 0.25) is 0 Å². The van der Waals surface area contributed by atoms with Crippen molar-refractivity contribution in [3.8, 4) is 5.75 Å². The summed E-state index contributed by atoms with van der Waals surface area (Å²) in [6, 6.07) is 18.9. The summed E-state index contributed by atoms with van der Waals surface area (Å²) >= 11 is 1.49. The van der Waals surface area contributed by atoms with Crippen molar-refractivity contribution in [1.29, 1.82) is 0 Å². The van der Waals surface area contributed by atoms with Crippen molar-refractivity contribution < 1.29 is 14.3 Å². The van der Waals surface area contributed by atoms with E-state index in [-0.39, 0.29) is 17.5 Å². The Bertz CT molecular complexity index is 1020. The van der Waals surface area contributed by atoms with E-state index in [4.69, 9.17) is 4.74 Å².